The van der Waals surface area contributed by atoms with Gasteiger partial charge in [0.25, 0.3) is 10.0 Å². The summed E-state index contributed by atoms with van der Waals surface area (Å²) >= 11 is 0. The molecular formula is C23H18FN3O3S. The molecule has 156 valence electrons. The zero-order chi connectivity index (χ0) is 21.8. The van der Waals surface area contributed by atoms with Crippen LogP contribution in [0.15, 0.2) is 77.7 Å². The molecule has 0 amide bonds. The lowest BCUT2D eigenvalue weighted by molar-refractivity contribution is 0.215. The summed E-state index contributed by atoms with van der Waals surface area (Å²) in [6.07, 6.45) is -1.26. The van der Waals surface area contributed by atoms with E-state index < -0.39 is 21.9 Å². The number of fused-ring (bicyclic) bond motifs is 2. The summed E-state index contributed by atoms with van der Waals surface area (Å²) in [6, 6.07) is 18.6. The number of rotatable bonds is 4. The Hall–Kier alpha value is -3.49. The van der Waals surface area contributed by atoms with E-state index in [9.17, 15) is 17.9 Å². The predicted octanol–water partition coefficient (Wildman–Crippen LogP) is 4.28. The van der Waals surface area contributed by atoms with Gasteiger partial charge in [0.15, 0.2) is 0 Å². The van der Waals surface area contributed by atoms with Gasteiger partial charge in [-0.3, -0.25) is 5.10 Å². The van der Waals surface area contributed by atoms with E-state index in [1.807, 2.05) is 6.92 Å². The molecule has 5 rings (SSSR count). The minimum atomic E-state index is -4.04. The molecule has 2 aromatic heterocycles. The number of H-pyrrole nitrogens is 1. The highest BCUT2D eigenvalue weighted by Crippen LogP contribution is 2.33. The lowest BCUT2D eigenvalue weighted by Crippen LogP contribution is -2.18. The van der Waals surface area contributed by atoms with E-state index in [1.165, 1.54) is 36.4 Å². The minimum Gasteiger partial charge on any atom is -0.382 e. The number of nitrogens with one attached hydrogen (secondary N) is 1. The van der Waals surface area contributed by atoms with Gasteiger partial charge in [0.1, 0.15) is 11.9 Å². The Morgan fingerprint density at radius 1 is 1.03 bits per heavy atom. The van der Waals surface area contributed by atoms with Crippen LogP contribution < -0.4 is 0 Å². The second kappa shape index (κ2) is 7.04. The lowest BCUT2D eigenvalue weighted by atomic mass is 10.0. The van der Waals surface area contributed by atoms with Crippen molar-refractivity contribution in [2.24, 2.45) is 0 Å². The van der Waals surface area contributed by atoms with E-state index >= 15 is 0 Å². The number of aromatic nitrogens is 3. The van der Waals surface area contributed by atoms with E-state index in [0.29, 0.717) is 16.5 Å². The number of benzene rings is 3. The maximum absolute atomic E-state index is 13.9. The Bertz CT molecular complexity index is 1540. The highest BCUT2D eigenvalue weighted by molar-refractivity contribution is 7.90. The Morgan fingerprint density at radius 3 is 2.58 bits per heavy atom. The number of aryl methyl sites for hydroxylation is 1. The van der Waals surface area contributed by atoms with E-state index in [4.69, 9.17) is 0 Å². The lowest BCUT2D eigenvalue weighted by Gasteiger charge is -2.16. The van der Waals surface area contributed by atoms with Crippen LogP contribution in [0.4, 0.5) is 4.39 Å². The topological polar surface area (TPSA) is 88.0 Å². The normalized spacial score (nSPS) is 13.1. The van der Waals surface area contributed by atoms with Crippen molar-refractivity contribution >= 4 is 31.8 Å². The first-order valence-corrected chi connectivity index (χ1v) is 11.0. The molecule has 1 unspecified atom stereocenters. The summed E-state index contributed by atoms with van der Waals surface area (Å²) in [6.45, 7) is 1.84. The van der Waals surface area contributed by atoms with Gasteiger partial charge in [0.05, 0.1) is 27.3 Å². The zero-order valence-corrected chi connectivity index (χ0v) is 17.3. The molecule has 31 heavy (non-hydrogen) atoms. The fraction of sp³-hybridized carbons (Fsp3) is 0.0870. The number of halogens is 1. The molecule has 0 saturated heterocycles. The van der Waals surface area contributed by atoms with Crippen molar-refractivity contribution in [2.75, 3.05) is 0 Å². The number of aromatic amines is 1. The molecule has 5 aromatic rings. The molecular weight excluding hydrogens is 417 g/mol. The van der Waals surface area contributed by atoms with Gasteiger partial charge in [-0.1, -0.05) is 24.3 Å². The number of hydrogen-bond acceptors (Lipinski definition) is 4. The summed E-state index contributed by atoms with van der Waals surface area (Å²) < 4.78 is 42.0. The van der Waals surface area contributed by atoms with Crippen molar-refractivity contribution in [3.8, 4) is 0 Å². The van der Waals surface area contributed by atoms with E-state index in [-0.39, 0.29) is 10.6 Å². The minimum absolute atomic E-state index is 0.0754. The van der Waals surface area contributed by atoms with Crippen molar-refractivity contribution in [2.45, 2.75) is 17.9 Å². The van der Waals surface area contributed by atoms with Crippen LogP contribution in [0.1, 0.15) is 23.1 Å². The number of nitrogens with zero attached hydrogens (tertiary/aromatic N) is 2. The van der Waals surface area contributed by atoms with Crippen LogP contribution in [0.2, 0.25) is 0 Å². The van der Waals surface area contributed by atoms with Crippen LogP contribution in [0.3, 0.4) is 0 Å². The van der Waals surface area contributed by atoms with Crippen LogP contribution >= 0.6 is 0 Å². The molecule has 0 aliphatic carbocycles. The fourth-order valence-corrected chi connectivity index (χ4v) is 5.41. The Labute approximate surface area is 177 Å². The van der Waals surface area contributed by atoms with E-state index in [0.717, 1.165) is 20.6 Å². The molecule has 2 heterocycles. The molecule has 1 atom stereocenters. The first-order valence-electron chi connectivity index (χ1n) is 9.60. The Balaban J connectivity index is 1.76. The predicted molar refractivity (Wildman–Crippen MR) is 116 cm³/mol. The monoisotopic (exact) mass is 435 g/mol. The van der Waals surface area contributed by atoms with Gasteiger partial charge in [0, 0.05) is 10.8 Å². The SMILES string of the molecule is Cc1n[nH]c2ccc(C(O)c3cc4cc(F)ccc4n3S(=O)(=O)c3ccccc3)cc12. The summed E-state index contributed by atoms with van der Waals surface area (Å²) in [4.78, 5) is 0.0754. The molecule has 0 spiro atoms. The molecule has 0 fully saturated rings. The summed E-state index contributed by atoms with van der Waals surface area (Å²) in [7, 11) is -4.04. The highest BCUT2D eigenvalue weighted by atomic mass is 32.2. The molecule has 0 bridgehead atoms. The highest BCUT2D eigenvalue weighted by Gasteiger charge is 2.27. The Kier molecular flexibility index (Phi) is 4.42. The van der Waals surface area contributed by atoms with Crippen LogP contribution in [0.25, 0.3) is 21.8 Å². The summed E-state index contributed by atoms with van der Waals surface area (Å²) in [5.41, 5.74) is 2.51. The van der Waals surface area contributed by atoms with E-state index in [1.54, 1.807) is 36.4 Å². The number of hydrogen-bond donors (Lipinski definition) is 2. The average Bonchev–Trinajstić information content (AvgIpc) is 3.34. The molecule has 6 nitrogen and oxygen atoms in total. The average molecular weight is 435 g/mol. The van der Waals surface area contributed by atoms with Gasteiger partial charge >= 0.3 is 0 Å². The standard InChI is InChI=1S/C23H18FN3O3S/c1-14-19-12-15(7-9-20(19)26-25-14)23(28)22-13-16-11-17(24)8-10-21(16)27(22)31(29,30)18-5-3-2-4-6-18/h2-13,23,28H,1H3,(H,25,26). The quantitative estimate of drug-likeness (QED) is 0.441. The molecule has 3 aromatic carbocycles. The third-order valence-corrected chi connectivity index (χ3v) is 7.16. The van der Waals surface area contributed by atoms with Gasteiger partial charge in [-0.2, -0.15) is 5.10 Å². The van der Waals surface area contributed by atoms with Gasteiger partial charge in [-0.25, -0.2) is 16.8 Å². The number of aliphatic hydroxyl groups excluding tert-OH is 1. The second-order valence-corrected chi connectivity index (χ2v) is 9.16. The Morgan fingerprint density at radius 2 is 1.81 bits per heavy atom. The van der Waals surface area contributed by atoms with Gasteiger partial charge in [-0.05, 0) is 61.0 Å². The van der Waals surface area contributed by atoms with Crippen LogP contribution in [-0.4, -0.2) is 27.7 Å². The molecule has 8 heteroatoms. The first kappa shape index (κ1) is 19.5. The molecule has 2 N–H and O–H groups in total. The van der Waals surface area contributed by atoms with Gasteiger partial charge in [0.2, 0.25) is 0 Å². The van der Waals surface area contributed by atoms with Crippen molar-refractivity contribution < 1.29 is 17.9 Å². The van der Waals surface area contributed by atoms with Gasteiger partial charge < -0.3 is 5.11 Å². The third kappa shape index (κ3) is 3.11. The molecule has 0 saturated carbocycles. The van der Waals surface area contributed by atoms with Crippen molar-refractivity contribution in [3.05, 3.63) is 95.6 Å². The molecule has 0 aliphatic rings. The molecule has 0 aliphatic heterocycles. The number of aliphatic hydroxyl groups is 1. The van der Waals surface area contributed by atoms with Crippen molar-refractivity contribution in [1.29, 1.82) is 0 Å². The maximum atomic E-state index is 13.9. The van der Waals surface area contributed by atoms with E-state index in [2.05, 4.69) is 10.2 Å². The largest absolute Gasteiger partial charge is 0.382 e. The van der Waals surface area contributed by atoms with Crippen LogP contribution in [-0.2, 0) is 10.0 Å². The van der Waals surface area contributed by atoms with Gasteiger partial charge in [-0.15, -0.1) is 0 Å². The zero-order valence-electron chi connectivity index (χ0n) is 16.4. The van der Waals surface area contributed by atoms with Crippen LogP contribution in [0.5, 0.6) is 0 Å². The first-order chi connectivity index (χ1) is 14.9. The third-order valence-electron chi connectivity index (χ3n) is 5.40. The van der Waals surface area contributed by atoms with Crippen molar-refractivity contribution in [3.63, 3.8) is 0 Å². The fourth-order valence-electron chi connectivity index (χ4n) is 3.84. The van der Waals surface area contributed by atoms with Crippen LogP contribution in [0, 0.1) is 12.7 Å². The second-order valence-electron chi connectivity index (χ2n) is 7.37. The maximum Gasteiger partial charge on any atom is 0.268 e. The summed E-state index contributed by atoms with van der Waals surface area (Å²) in [5, 5.41) is 19.5. The smallest absolute Gasteiger partial charge is 0.268 e. The molecule has 0 radical (unpaired) electrons. The summed E-state index contributed by atoms with van der Waals surface area (Å²) in [5.74, 6) is -0.488. The van der Waals surface area contributed by atoms with Crippen molar-refractivity contribution in [1.82, 2.24) is 14.2 Å².